The summed E-state index contributed by atoms with van der Waals surface area (Å²) in [7, 11) is 0. The van der Waals surface area contributed by atoms with E-state index in [4.69, 9.17) is 23.1 Å². The first kappa shape index (κ1) is 13.2. The van der Waals surface area contributed by atoms with E-state index in [0.29, 0.717) is 22.6 Å². The number of anilines is 3. The molecule has 98 valence electrons. The molecular weight excluding hydrogens is 264 g/mol. The van der Waals surface area contributed by atoms with Gasteiger partial charge in [0.05, 0.1) is 5.69 Å². The SMILES string of the molecule is Cc1ccnc(Cl)c1NC(=O)c1cc(N)cc(N)c1. The van der Waals surface area contributed by atoms with Crippen LogP contribution in [0.1, 0.15) is 15.9 Å². The summed E-state index contributed by atoms with van der Waals surface area (Å²) < 4.78 is 0. The van der Waals surface area contributed by atoms with E-state index in [0.717, 1.165) is 5.56 Å². The fourth-order valence-electron chi connectivity index (χ4n) is 1.67. The number of rotatable bonds is 2. The van der Waals surface area contributed by atoms with Gasteiger partial charge < -0.3 is 16.8 Å². The van der Waals surface area contributed by atoms with E-state index in [2.05, 4.69) is 10.3 Å². The molecule has 1 heterocycles. The molecule has 0 atom stereocenters. The first-order chi connectivity index (χ1) is 8.97. The highest BCUT2D eigenvalue weighted by Gasteiger charge is 2.12. The van der Waals surface area contributed by atoms with Gasteiger partial charge in [0, 0.05) is 23.1 Å². The molecule has 2 aromatic rings. The van der Waals surface area contributed by atoms with Gasteiger partial charge in [0.1, 0.15) is 0 Å². The number of aromatic nitrogens is 1. The van der Waals surface area contributed by atoms with Gasteiger partial charge in [0.15, 0.2) is 5.15 Å². The average molecular weight is 277 g/mol. The van der Waals surface area contributed by atoms with Crippen molar-refractivity contribution in [2.45, 2.75) is 6.92 Å². The van der Waals surface area contributed by atoms with Crippen molar-refractivity contribution in [3.63, 3.8) is 0 Å². The Labute approximate surface area is 115 Å². The number of nitrogens with zero attached hydrogens (tertiary/aromatic N) is 1. The smallest absolute Gasteiger partial charge is 0.255 e. The van der Waals surface area contributed by atoms with Crippen molar-refractivity contribution >= 4 is 34.6 Å². The highest BCUT2D eigenvalue weighted by atomic mass is 35.5. The van der Waals surface area contributed by atoms with Gasteiger partial charge in [-0.2, -0.15) is 0 Å². The molecule has 19 heavy (non-hydrogen) atoms. The van der Waals surface area contributed by atoms with Crippen LogP contribution in [0.4, 0.5) is 17.1 Å². The standard InChI is InChI=1S/C13H13ClN4O/c1-7-2-3-17-12(14)11(7)18-13(19)8-4-9(15)6-10(16)5-8/h2-6H,15-16H2,1H3,(H,18,19). The molecule has 1 aromatic carbocycles. The molecule has 0 aliphatic carbocycles. The number of nitrogen functional groups attached to an aromatic ring is 2. The molecule has 0 saturated heterocycles. The van der Waals surface area contributed by atoms with Gasteiger partial charge in [-0.05, 0) is 36.8 Å². The monoisotopic (exact) mass is 276 g/mol. The van der Waals surface area contributed by atoms with E-state index in [1.54, 1.807) is 30.5 Å². The summed E-state index contributed by atoms with van der Waals surface area (Å²) in [4.78, 5) is 16.0. The number of amides is 1. The third kappa shape index (κ3) is 2.95. The molecule has 0 fully saturated rings. The van der Waals surface area contributed by atoms with Crippen molar-refractivity contribution in [1.82, 2.24) is 4.98 Å². The molecule has 6 heteroatoms. The molecule has 0 aliphatic rings. The summed E-state index contributed by atoms with van der Waals surface area (Å²) in [6.07, 6.45) is 1.58. The maximum absolute atomic E-state index is 12.1. The van der Waals surface area contributed by atoms with Crippen LogP contribution in [0.15, 0.2) is 30.5 Å². The minimum atomic E-state index is -0.336. The summed E-state index contributed by atoms with van der Waals surface area (Å²) in [6, 6.07) is 6.44. The topological polar surface area (TPSA) is 94.0 Å². The Morgan fingerprint density at radius 2 is 1.89 bits per heavy atom. The van der Waals surface area contributed by atoms with Crippen LogP contribution in [-0.4, -0.2) is 10.9 Å². The summed E-state index contributed by atoms with van der Waals surface area (Å²) in [5.74, 6) is -0.336. The summed E-state index contributed by atoms with van der Waals surface area (Å²) in [6.45, 7) is 1.83. The Kier molecular flexibility index (Phi) is 3.57. The largest absolute Gasteiger partial charge is 0.399 e. The Bertz CT molecular complexity index is 602. The third-order valence-corrected chi connectivity index (χ3v) is 2.88. The third-order valence-electron chi connectivity index (χ3n) is 2.59. The highest BCUT2D eigenvalue weighted by molar-refractivity contribution is 6.32. The normalized spacial score (nSPS) is 10.2. The van der Waals surface area contributed by atoms with Crippen LogP contribution in [0.3, 0.4) is 0 Å². The minimum Gasteiger partial charge on any atom is -0.399 e. The van der Waals surface area contributed by atoms with Gasteiger partial charge in [-0.1, -0.05) is 11.6 Å². The molecule has 0 aliphatic heterocycles. The van der Waals surface area contributed by atoms with Crippen molar-refractivity contribution in [1.29, 1.82) is 0 Å². The second-order valence-electron chi connectivity index (χ2n) is 4.14. The molecule has 0 bridgehead atoms. The molecule has 5 N–H and O–H groups in total. The molecule has 0 radical (unpaired) electrons. The van der Waals surface area contributed by atoms with E-state index < -0.39 is 0 Å². The number of halogens is 1. The molecule has 1 aromatic heterocycles. The van der Waals surface area contributed by atoms with Gasteiger partial charge in [-0.15, -0.1) is 0 Å². The van der Waals surface area contributed by atoms with Crippen LogP contribution in [0.2, 0.25) is 5.15 Å². The number of hydrogen-bond acceptors (Lipinski definition) is 4. The van der Waals surface area contributed by atoms with Gasteiger partial charge in [-0.3, -0.25) is 4.79 Å². The minimum absolute atomic E-state index is 0.241. The van der Waals surface area contributed by atoms with Crippen LogP contribution in [0.25, 0.3) is 0 Å². The van der Waals surface area contributed by atoms with Crippen molar-refractivity contribution in [3.05, 3.63) is 46.7 Å². The first-order valence-corrected chi connectivity index (χ1v) is 5.93. The molecule has 0 unspecified atom stereocenters. The lowest BCUT2D eigenvalue weighted by Crippen LogP contribution is -2.14. The molecule has 2 rings (SSSR count). The van der Waals surface area contributed by atoms with Crippen LogP contribution in [0, 0.1) is 6.92 Å². The zero-order chi connectivity index (χ0) is 14.0. The molecule has 1 amide bonds. The maximum Gasteiger partial charge on any atom is 0.255 e. The zero-order valence-corrected chi connectivity index (χ0v) is 11.0. The molecule has 0 saturated carbocycles. The molecule has 5 nitrogen and oxygen atoms in total. The Hall–Kier alpha value is -2.27. The number of carbonyl (C=O) groups is 1. The maximum atomic E-state index is 12.1. The number of nitrogens with one attached hydrogen (secondary N) is 1. The van der Waals surface area contributed by atoms with E-state index >= 15 is 0 Å². The number of pyridine rings is 1. The van der Waals surface area contributed by atoms with Crippen LogP contribution < -0.4 is 16.8 Å². The fraction of sp³-hybridized carbons (Fsp3) is 0.0769. The predicted molar refractivity (Wildman–Crippen MR) is 77.2 cm³/mol. The van der Waals surface area contributed by atoms with E-state index in [1.807, 2.05) is 6.92 Å². The van der Waals surface area contributed by atoms with E-state index in [1.165, 1.54) is 0 Å². The lowest BCUT2D eigenvalue weighted by Gasteiger charge is -2.10. The van der Waals surface area contributed by atoms with Gasteiger partial charge >= 0.3 is 0 Å². The lowest BCUT2D eigenvalue weighted by molar-refractivity contribution is 0.102. The van der Waals surface area contributed by atoms with Gasteiger partial charge in [0.2, 0.25) is 0 Å². The zero-order valence-electron chi connectivity index (χ0n) is 10.3. The number of benzene rings is 1. The van der Waals surface area contributed by atoms with Crippen LogP contribution in [0.5, 0.6) is 0 Å². The highest BCUT2D eigenvalue weighted by Crippen LogP contribution is 2.24. The second kappa shape index (κ2) is 5.16. The number of carbonyl (C=O) groups excluding carboxylic acids is 1. The average Bonchev–Trinajstić information content (AvgIpc) is 2.32. The quantitative estimate of drug-likeness (QED) is 0.580. The van der Waals surface area contributed by atoms with Crippen molar-refractivity contribution in [2.24, 2.45) is 0 Å². The number of nitrogens with two attached hydrogens (primary N) is 2. The molecule has 0 spiro atoms. The predicted octanol–water partition coefficient (Wildman–Crippen LogP) is 2.46. The van der Waals surface area contributed by atoms with Gasteiger partial charge in [0.25, 0.3) is 5.91 Å². The summed E-state index contributed by atoms with van der Waals surface area (Å²) in [5.41, 5.74) is 13.8. The number of hydrogen-bond donors (Lipinski definition) is 3. The van der Waals surface area contributed by atoms with Crippen molar-refractivity contribution in [3.8, 4) is 0 Å². The Balaban J connectivity index is 2.31. The Morgan fingerprint density at radius 3 is 2.47 bits per heavy atom. The lowest BCUT2D eigenvalue weighted by atomic mass is 10.1. The second-order valence-corrected chi connectivity index (χ2v) is 4.49. The van der Waals surface area contributed by atoms with Crippen LogP contribution in [-0.2, 0) is 0 Å². The fourth-order valence-corrected chi connectivity index (χ4v) is 1.92. The molecular formula is C13H13ClN4O. The number of aryl methyl sites for hydroxylation is 1. The van der Waals surface area contributed by atoms with E-state index in [-0.39, 0.29) is 11.1 Å². The van der Waals surface area contributed by atoms with E-state index in [9.17, 15) is 4.79 Å². The Morgan fingerprint density at radius 1 is 1.26 bits per heavy atom. The van der Waals surface area contributed by atoms with Crippen molar-refractivity contribution in [2.75, 3.05) is 16.8 Å². The summed E-state index contributed by atoms with van der Waals surface area (Å²) >= 11 is 5.95. The van der Waals surface area contributed by atoms with Gasteiger partial charge in [-0.25, -0.2) is 4.98 Å². The van der Waals surface area contributed by atoms with Crippen molar-refractivity contribution < 1.29 is 4.79 Å². The summed E-state index contributed by atoms with van der Waals surface area (Å²) in [5, 5.41) is 2.95. The first-order valence-electron chi connectivity index (χ1n) is 5.56. The van der Waals surface area contributed by atoms with Crippen LogP contribution >= 0.6 is 11.6 Å².